The number of esters is 3. The summed E-state index contributed by atoms with van der Waals surface area (Å²) in [6, 6.07) is 4.40. The average Bonchev–Trinajstić information content (AvgIpc) is 3.24. The molecule has 12 heteroatoms. The molecule has 0 radical (unpaired) electrons. The van der Waals surface area contributed by atoms with E-state index >= 15 is 0 Å². The Morgan fingerprint density at radius 3 is 0.870 bits per heavy atom. The van der Waals surface area contributed by atoms with E-state index in [0.29, 0.717) is 38.5 Å². The summed E-state index contributed by atoms with van der Waals surface area (Å²) < 4.78 is 18.5. The summed E-state index contributed by atoms with van der Waals surface area (Å²) in [6.45, 7) is 25.1. The van der Waals surface area contributed by atoms with Crippen molar-refractivity contribution >= 4 is 17.9 Å². The van der Waals surface area contributed by atoms with Crippen LogP contribution in [-0.4, -0.2) is 106 Å². The van der Waals surface area contributed by atoms with Crippen LogP contribution in [0.25, 0.3) is 0 Å². The van der Waals surface area contributed by atoms with Crippen LogP contribution < -0.4 is 0 Å². The zero-order chi connectivity index (χ0) is 40.7. The number of hydrogen-bond acceptors (Lipinski definition) is 12. The van der Waals surface area contributed by atoms with Crippen molar-refractivity contribution in [3.8, 4) is 0 Å². The lowest BCUT2D eigenvalue weighted by atomic mass is 9.95. The molecule has 0 amide bonds. The third-order valence-electron chi connectivity index (χ3n) is 11.7. The van der Waals surface area contributed by atoms with Gasteiger partial charge >= 0.3 is 17.9 Å². The summed E-state index contributed by atoms with van der Waals surface area (Å²) in [5.74, 6) is -1.86. The van der Waals surface area contributed by atoms with Crippen LogP contribution in [0.2, 0.25) is 0 Å². The van der Waals surface area contributed by atoms with E-state index in [1.54, 1.807) is 21.3 Å². The summed E-state index contributed by atoms with van der Waals surface area (Å²) in [4.78, 5) is 59.5. The lowest BCUT2D eigenvalue weighted by molar-refractivity contribution is -0.246. The molecule has 0 spiro atoms. The smallest absolute Gasteiger partial charge is 0.338 e. The molecule has 3 heterocycles. The van der Waals surface area contributed by atoms with Gasteiger partial charge in [-0.1, -0.05) is 0 Å². The van der Waals surface area contributed by atoms with Crippen LogP contribution in [0.15, 0.2) is 18.2 Å². The first-order chi connectivity index (χ1) is 24.8. The molecule has 1 aromatic rings. The van der Waals surface area contributed by atoms with Gasteiger partial charge in [-0.2, -0.15) is 15.2 Å². The van der Waals surface area contributed by atoms with Crippen LogP contribution in [0.5, 0.6) is 0 Å². The predicted octanol–water partition coefficient (Wildman–Crippen LogP) is 8.08. The Morgan fingerprint density at radius 1 is 0.444 bits per heavy atom. The molecule has 0 bridgehead atoms. The van der Waals surface area contributed by atoms with E-state index in [9.17, 15) is 14.4 Å². The summed E-state index contributed by atoms with van der Waals surface area (Å²) in [7, 11) is 4.99. The van der Waals surface area contributed by atoms with Gasteiger partial charge in [0.05, 0.1) is 38.0 Å². The van der Waals surface area contributed by atoms with Gasteiger partial charge < -0.3 is 28.7 Å². The molecule has 4 rings (SSSR count). The normalized spacial score (nSPS) is 28.2. The zero-order valence-electron chi connectivity index (χ0n) is 35.8. The molecular formula is C42H69N3O9. The Morgan fingerprint density at radius 2 is 0.667 bits per heavy atom. The van der Waals surface area contributed by atoms with E-state index < -0.39 is 52.8 Å². The first-order valence-corrected chi connectivity index (χ1v) is 19.6. The number of rotatable bonds is 9. The van der Waals surface area contributed by atoms with Crippen LogP contribution in [0.1, 0.15) is 172 Å². The summed E-state index contributed by atoms with van der Waals surface area (Å²) in [5, 5.41) is 5.92. The van der Waals surface area contributed by atoms with E-state index in [4.69, 9.17) is 28.7 Å². The quantitative estimate of drug-likeness (QED) is 0.179. The second-order valence-corrected chi connectivity index (χ2v) is 19.4. The fraction of sp³-hybridized carbons (Fsp3) is 0.786. The molecule has 0 saturated carbocycles. The SMILES string of the molecule is CON1C(C)(C)CCC(OC(=O)c2cc(C(=O)OC3CCC(C)(C)N(OC)C(C)(C)C3)cc(C(=O)OC3CCC(C)(C)N(OC)C(C)(C)C3)c2)CC1(C)C. The van der Waals surface area contributed by atoms with Crippen molar-refractivity contribution in [1.29, 1.82) is 0 Å². The largest absolute Gasteiger partial charge is 0.459 e. The molecule has 54 heavy (non-hydrogen) atoms. The number of nitrogens with zero attached hydrogens (tertiary/aromatic N) is 3. The number of carbonyl (C=O) groups excluding carboxylic acids is 3. The van der Waals surface area contributed by atoms with Crippen molar-refractivity contribution in [2.24, 2.45) is 0 Å². The van der Waals surface area contributed by atoms with Gasteiger partial charge in [0, 0.05) is 52.5 Å². The summed E-state index contributed by atoms with van der Waals surface area (Å²) >= 11 is 0. The van der Waals surface area contributed by atoms with Crippen LogP contribution >= 0.6 is 0 Å². The van der Waals surface area contributed by atoms with Crippen LogP contribution in [0, 0.1) is 0 Å². The second kappa shape index (κ2) is 16.1. The fourth-order valence-electron chi connectivity index (χ4n) is 9.96. The van der Waals surface area contributed by atoms with Crippen molar-refractivity contribution in [3.63, 3.8) is 0 Å². The monoisotopic (exact) mass is 760 g/mol. The highest BCUT2D eigenvalue weighted by atomic mass is 16.7. The van der Waals surface area contributed by atoms with Crippen LogP contribution in [0.3, 0.4) is 0 Å². The third kappa shape index (κ3) is 9.84. The average molecular weight is 760 g/mol. The van der Waals surface area contributed by atoms with E-state index in [0.717, 1.165) is 19.3 Å². The van der Waals surface area contributed by atoms with Crippen molar-refractivity contribution in [1.82, 2.24) is 15.2 Å². The summed E-state index contributed by atoms with van der Waals surface area (Å²) in [5.41, 5.74) is -1.90. The standard InChI is InChI=1S/C42H69N3O9/c1-37(2)19-16-31(25-40(7,8)43(37)49-13)52-34(46)28-22-29(35(47)53-32-17-20-38(3,4)44(50-14)41(9,10)26-32)24-30(23-28)36(48)54-33-18-21-39(5,6)45(51-15)42(11,12)27-33/h22-24,31-33H,16-21,25-27H2,1-15H3. The molecule has 0 N–H and O–H groups in total. The molecule has 0 aliphatic carbocycles. The molecule has 0 aromatic heterocycles. The topological polar surface area (TPSA) is 116 Å². The fourth-order valence-corrected chi connectivity index (χ4v) is 9.96. The highest BCUT2D eigenvalue weighted by Crippen LogP contribution is 2.41. The first kappa shape index (κ1) is 44.1. The number of carbonyl (C=O) groups is 3. The molecule has 3 aliphatic heterocycles. The highest BCUT2D eigenvalue weighted by Gasteiger charge is 2.47. The number of hydroxylamine groups is 6. The first-order valence-electron chi connectivity index (χ1n) is 19.6. The molecule has 3 unspecified atom stereocenters. The van der Waals surface area contributed by atoms with Gasteiger partial charge in [0.25, 0.3) is 0 Å². The second-order valence-electron chi connectivity index (χ2n) is 19.4. The Labute approximate surface area is 324 Å². The Hall–Kier alpha value is -2.61. The van der Waals surface area contributed by atoms with Crippen LogP contribution in [0.4, 0.5) is 0 Å². The number of hydrogen-bond donors (Lipinski definition) is 0. The minimum Gasteiger partial charge on any atom is -0.459 e. The van der Waals surface area contributed by atoms with Crippen molar-refractivity contribution < 1.29 is 43.1 Å². The molecule has 306 valence electrons. The lowest BCUT2D eigenvalue weighted by Gasteiger charge is -2.44. The molecule has 3 aliphatic rings. The van der Waals surface area contributed by atoms with Gasteiger partial charge in [-0.15, -0.1) is 0 Å². The maximum atomic E-state index is 14.0. The maximum absolute atomic E-state index is 14.0. The Bertz CT molecular complexity index is 1330. The van der Waals surface area contributed by atoms with Gasteiger partial charge in [-0.05, 0) is 140 Å². The Kier molecular flexibility index (Phi) is 13.1. The van der Waals surface area contributed by atoms with Gasteiger partial charge in [0.2, 0.25) is 0 Å². The summed E-state index contributed by atoms with van der Waals surface area (Å²) in [6.07, 6.45) is 4.41. The minimum absolute atomic E-state index is 0.0853. The molecule has 12 nitrogen and oxygen atoms in total. The van der Waals surface area contributed by atoms with Gasteiger partial charge in [0.1, 0.15) is 18.3 Å². The molecule has 1 aromatic carbocycles. The van der Waals surface area contributed by atoms with E-state index in [2.05, 4.69) is 83.1 Å². The zero-order valence-corrected chi connectivity index (χ0v) is 35.8. The Balaban J connectivity index is 1.65. The highest BCUT2D eigenvalue weighted by molar-refractivity contribution is 6.00. The molecule has 3 atom stereocenters. The number of benzene rings is 1. The van der Waals surface area contributed by atoms with E-state index in [1.807, 2.05) is 15.2 Å². The predicted molar refractivity (Wildman–Crippen MR) is 207 cm³/mol. The molecule has 3 saturated heterocycles. The van der Waals surface area contributed by atoms with E-state index in [1.165, 1.54) is 18.2 Å². The van der Waals surface area contributed by atoms with Gasteiger partial charge in [0.15, 0.2) is 0 Å². The van der Waals surface area contributed by atoms with Crippen molar-refractivity contribution in [2.45, 2.75) is 192 Å². The minimum atomic E-state index is -0.621. The van der Waals surface area contributed by atoms with Gasteiger partial charge in [-0.3, -0.25) is 0 Å². The molecule has 3 fully saturated rings. The third-order valence-corrected chi connectivity index (χ3v) is 11.7. The lowest BCUT2D eigenvalue weighted by Crippen LogP contribution is -2.53. The van der Waals surface area contributed by atoms with E-state index in [-0.39, 0.29) is 33.3 Å². The van der Waals surface area contributed by atoms with Crippen molar-refractivity contribution in [2.75, 3.05) is 21.3 Å². The van der Waals surface area contributed by atoms with Crippen LogP contribution in [-0.2, 0) is 28.7 Å². The maximum Gasteiger partial charge on any atom is 0.338 e. The van der Waals surface area contributed by atoms with Crippen molar-refractivity contribution in [3.05, 3.63) is 34.9 Å². The number of ether oxygens (including phenoxy) is 3. The van der Waals surface area contributed by atoms with Gasteiger partial charge in [-0.25, -0.2) is 14.4 Å². The molecular weight excluding hydrogens is 690 g/mol.